The van der Waals surface area contributed by atoms with Gasteiger partial charge in [-0.2, -0.15) is 0 Å². The first-order chi connectivity index (χ1) is 13.8. The standard InChI is InChI=1S/C21H21ClN2O4S/c1-29(26,27)24(20-8-4-6-16-5-2-3-7-19(16)20)15-21(25)23-13-14-28-18-11-9-17(22)10-12-18/h2-12H,13-15H2,1H3,(H,23,25). The van der Waals surface area contributed by atoms with Crippen LogP contribution in [0.15, 0.2) is 66.7 Å². The summed E-state index contributed by atoms with van der Waals surface area (Å²) < 4.78 is 31.4. The summed E-state index contributed by atoms with van der Waals surface area (Å²) in [6.45, 7) is 0.183. The molecular formula is C21H21ClN2O4S. The Balaban J connectivity index is 1.64. The highest BCUT2D eigenvalue weighted by atomic mass is 35.5. The molecule has 6 nitrogen and oxygen atoms in total. The molecule has 3 aromatic carbocycles. The van der Waals surface area contributed by atoms with Crippen molar-refractivity contribution >= 4 is 44.0 Å². The molecule has 0 saturated heterocycles. The molecule has 1 amide bonds. The summed E-state index contributed by atoms with van der Waals surface area (Å²) in [4.78, 5) is 12.4. The zero-order valence-corrected chi connectivity index (χ0v) is 17.4. The second kappa shape index (κ2) is 9.15. The Hall–Kier alpha value is -2.77. The zero-order valence-electron chi connectivity index (χ0n) is 15.8. The monoisotopic (exact) mass is 432 g/mol. The minimum atomic E-state index is -3.65. The second-order valence-corrected chi connectivity index (χ2v) is 8.76. The zero-order chi connectivity index (χ0) is 20.9. The van der Waals surface area contributed by atoms with Crippen LogP contribution in [0.2, 0.25) is 5.02 Å². The molecule has 3 rings (SSSR count). The van der Waals surface area contributed by atoms with Crippen LogP contribution in [0, 0.1) is 0 Å². The number of amides is 1. The van der Waals surface area contributed by atoms with Gasteiger partial charge in [0.15, 0.2) is 0 Å². The summed E-state index contributed by atoms with van der Waals surface area (Å²) in [6, 6.07) is 19.7. The SMILES string of the molecule is CS(=O)(=O)N(CC(=O)NCCOc1ccc(Cl)cc1)c1cccc2ccccc12. The Labute approximate surface area is 175 Å². The first-order valence-corrected chi connectivity index (χ1v) is 11.2. The van der Waals surface area contributed by atoms with E-state index in [1.54, 1.807) is 36.4 Å². The number of nitrogens with zero attached hydrogens (tertiary/aromatic N) is 1. The van der Waals surface area contributed by atoms with E-state index in [1.807, 2.05) is 30.3 Å². The number of rotatable bonds is 8. The third-order valence-electron chi connectivity index (χ3n) is 4.23. The van der Waals surface area contributed by atoms with E-state index >= 15 is 0 Å². The van der Waals surface area contributed by atoms with Gasteiger partial charge in [-0.15, -0.1) is 0 Å². The van der Waals surface area contributed by atoms with Gasteiger partial charge in [-0.05, 0) is 35.7 Å². The van der Waals surface area contributed by atoms with Crippen molar-refractivity contribution in [2.24, 2.45) is 0 Å². The van der Waals surface area contributed by atoms with Crippen molar-refractivity contribution in [1.29, 1.82) is 0 Å². The smallest absolute Gasteiger partial charge is 0.240 e. The maximum atomic E-state index is 12.4. The molecule has 29 heavy (non-hydrogen) atoms. The fourth-order valence-corrected chi connectivity index (χ4v) is 3.88. The Morgan fingerprint density at radius 2 is 1.72 bits per heavy atom. The Kier molecular flexibility index (Phi) is 6.61. The number of fused-ring (bicyclic) bond motifs is 1. The van der Waals surface area contributed by atoms with Crippen LogP contribution in [0.4, 0.5) is 5.69 Å². The van der Waals surface area contributed by atoms with E-state index in [4.69, 9.17) is 16.3 Å². The average Bonchev–Trinajstić information content (AvgIpc) is 2.69. The van der Waals surface area contributed by atoms with Crippen molar-refractivity contribution in [2.75, 3.05) is 30.3 Å². The van der Waals surface area contributed by atoms with E-state index in [1.165, 1.54) is 0 Å². The molecule has 1 N–H and O–H groups in total. The van der Waals surface area contributed by atoms with Crippen LogP contribution >= 0.6 is 11.6 Å². The van der Waals surface area contributed by atoms with Crippen molar-refractivity contribution in [2.45, 2.75) is 0 Å². The number of ether oxygens (including phenoxy) is 1. The van der Waals surface area contributed by atoms with Gasteiger partial charge in [0.2, 0.25) is 15.9 Å². The Morgan fingerprint density at radius 3 is 2.45 bits per heavy atom. The number of hydrogen-bond donors (Lipinski definition) is 1. The van der Waals surface area contributed by atoms with Gasteiger partial charge in [-0.25, -0.2) is 8.42 Å². The highest BCUT2D eigenvalue weighted by Crippen LogP contribution is 2.28. The van der Waals surface area contributed by atoms with E-state index in [2.05, 4.69) is 5.32 Å². The quantitative estimate of drug-likeness (QED) is 0.553. The molecule has 0 aromatic heterocycles. The van der Waals surface area contributed by atoms with E-state index < -0.39 is 15.9 Å². The van der Waals surface area contributed by atoms with Crippen LogP contribution in [-0.2, 0) is 14.8 Å². The second-order valence-electron chi connectivity index (χ2n) is 6.42. The number of sulfonamides is 1. The fourth-order valence-electron chi connectivity index (χ4n) is 2.88. The molecule has 0 radical (unpaired) electrons. The number of anilines is 1. The molecule has 0 atom stereocenters. The molecule has 0 aliphatic carbocycles. The van der Waals surface area contributed by atoms with Crippen molar-refractivity contribution < 1.29 is 17.9 Å². The van der Waals surface area contributed by atoms with Gasteiger partial charge in [0, 0.05) is 10.4 Å². The van der Waals surface area contributed by atoms with Gasteiger partial charge in [0.1, 0.15) is 18.9 Å². The normalized spacial score (nSPS) is 11.2. The van der Waals surface area contributed by atoms with Crippen LogP contribution < -0.4 is 14.4 Å². The highest BCUT2D eigenvalue weighted by molar-refractivity contribution is 7.92. The molecule has 0 spiro atoms. The average molecular weight is 433 g/mol. The van der Waals surface area contributed by atoms with E-state index in [0.29, 0.717) is 16.5 Å². The number of hydrogen-bond acceptors (Lipinski definition) is 4. The summed E-state index contributed by atoms with van der Waals surface area (Å²) in [7, 11) is -3.65. The highest BCUT2D eigenvalue weighted by Gasteiger charge is 2.22. The van der Waals surface area contributed by atoms with Crippen molar-refractivity contribution in [3.05, 3.63) is 71.8 Å². The van der Waals surface area contributed by atoms with E-state index in [0.717, 1.165) is 21.3 Å². The van der Waals surface area contributed by atoms with E-state index in [9.17, 15) is 13.2 Å². The van der Waals surface area contributed by atoms with E-state index in [-0.39, 0.29) is 19.7 Å². The number of benzene rings is 3. The van der Waals surface area contributed by atoms with Gasteiger partial charge < -0.3 is 10.1 Å². The predicted octanol–water partition coefficient (Wildman–Crippen LogP) is 3.45. The molecule has 0 aliphatic rings. The lowest BCUT2D eigenvalue weighted by Gasteiger charge is -2.23. The van der Waals surface area contributed by atoms with Crippen LogP contribution in [0.25, 0.3) is 10.8 Å². The van der Waals surface area contributed by atoms with Crippen LogP contribution in [0.3, 0.4) is 0 Å². The van der Waals surface area contributed by atoms with Gasteiger partial charge in [0.05, 0.1) is 18.5 Å². The number of nitrogens with one attached hydrogen (secondary N) is 1. The number of carbonyl (C=O) groups is 1. The summed E-state index contributed by atoms with van der Waals surface area (Å²) >= 11 is 5.82. The first-order valence-electron chi connectivity index (χ1n) is 8.95. The molecule has 8 heteroatoms. The predicted molar refractivity (Wildman–Crippen MR) is 116 cm³/mol. The van der Waals surface area contributed by atoms with Crippen molar-refractivity contribution in [1.82, 2.24) is 5.32 Å². The van der Waals surface area contributed by atoms with Gasteiger partial charge in [-0.1, -0.05) is 48.0 Å². The molecule has 0 fully saturated rings. The van der Waals surface area contributed by atoms with Crippen LogP contribution in [0.1, 0.15) is 0 Å². The Bertz CT molecular complexity index is 1100. The van der Waals surface area contributed by atoms with Crippen LogP contribution in [0.5, 0.6) is 5.75 Å². The van der Waals surface area contributed by atoms with Crippen molar-refractivity contribution in [3.63, 3.8) is 0 Å². The number of carbonyl (C=O) groups excluding carboxylic acids is 1. The van der Waals surface area contributed by atoms with Gasteiger partial charge in [-0.3, -0.25) is 9.10 Å². The topological polar surface area (TPSA) is 75.7 Å². The minimum Gasteiger partial charge on any atom is -0.492 e. The molecule has 152 valence electrons. The number of halogens is 1. The molecule has 3 aromatic rings. The summed E-state index contributed by atoms with van der Waals surface area (Å²) in [5, 5.41) is 4.96. The van der Waals surface area contributed by atoms with Crippen molar-refractivity contribution in [3.8, 4) is 5.75 Å². The molecular weight excluding hydrogens is 412 g/mol. The van der Waals surface area contributed by atoms with Crippen LogP contribution in [-0.4, -0.2) is 40.3 Å². The summed E-state index contributed by atoms with van der Waals surface area (Å²) in [5.74, 6) is 0.222. The molecule has 0 bridgehead atoms. The lowest BCUT2D eigenvalue weighted by molar-refractivity contribution is -0.119. The molecule has 0 heterocycles. The largest absolute Gasteiger partial charge is 0.492 e. The minimum absolute atomic E-state index is 0.245. The summed E-state index contributed by atoms with van der Waals surface area (Å²) in [5.41, 5.74) is 0.471. The maximum absolute atomic E-state index is 12.4. The first kappa shape index (κ1) is 21.0. The van der Waals surface area contributed by atoms with Gasteiger partial charge in [0.25, 0.3) is 0 Å². The fraction of sp³-hybridized carbons (Fsp3) is 0.190. The Morgan fingerprint density at radius 1 is 1.03 bits per heavy atom. The molecule has 0 unspecified atom stereocenters. The maximum Gasteiger partial charge on any atom is 0.240 e. The lowest BCUT2D eigenvalue weighted by Crippen LogP contribution is -2.41. The summed E-state index contributed by atoms with van der Waals surface area (Å²) in [6.07, 6.45) is 1.09. The molecule has 0 saturated carbocycles. The third-order valence-corrected chi connectivity index (χ3v) is 5.61. The van der Waals surface area contributed by atoms with Gasteiger partial charge >= 0.3 is 0 Å². The molecule has 0 aliphatic heterocycles. The lowest BCUT2D eigenvalue weighted by atomic mass is 10.1. The third kappa shape index (κ3) is 5.62.